The predicted octanol–water partition coefficient (Wildman–Crippen LogP) is 3.71. The quantitative estimate of drug-likeness (QED) is 0.767. The highest BCUT2D eigenvalue weighted by Gasteiger charge is 2.23. The molecule has 4 nitrogen and oxygen atoms in total. The summed E-state index contributed by atoms with van der Waals surface area (Å²) in [6, 6.07) is 9.89. The molecule has 0 saturated heterocycles. The lowest BCUT2D eigenvalue weighted by atomic mass is 9.86. The van der Waals surface area contributed by atoms with Gasteiger partial charge in [-0.15, -0.1) is 0 Å². The topological polar surface area (TPSA) is 55.4 Å². The molecule has 0 aromatic heterocycles. The number of nitrogens with one attached hydrogen (secondary N) is 1. The molecule has 0 radical (unpaired) electrons. The molecule has 0 aliphatic heterocycles. The second kappa shape index (κ2) is 8.95. The molecule has 2 aromatic rings. The van der Waals surface area contributed by atoms with Crippen LogP contribution in [-0.2, 0) is 32.6 Å². The lowest BCUT2D eigenvalue weighted by Crippen LogP contribution is -2.43. The molecule has 150 valence electrons. The van der Waals surface area contributed by atoms with Crippen molar-refractivity contribution in [3.05, 3.63) is 70.8 Å². The second-order valence-electron chi connectivity index (χ2n) is 7.71. The smallest absolute Gasteiger partial charge is 0.328 e. The summed E-state index contributed by atoms with van der Waals surface area (Å²) in [5.41, 5.74) is 2.07. The Labute approximate surface area is 163 Å². The van der Waals surface area contributed by atoms with E-state index in [0.717, 1.165) is 23.3 Å². The average molecular weight is 389 g/mol. The van der Waals surface area contributed by atoms with Gasteiger partial charge in [-0.2, -0.15) is 0 Å². The molecule has 1 atom stereocenters. The molecule has 1 amide bonds. The van der Waals surface area contributed by atoms with Crippen molar-refractivity contribution in [2.75, 3.05) is 7.11 Å². The van der Waals surface area contributed by atoms with E-state index in [0.29, 0.717) is 0 Å². The zero-order valence-corrected chi connectivity index (χ0v) is 16.5. The fraction of sp³-hybridized carbons (Fsp3) is 0.364. The van der Waals surface area contributed by atoms with Crippen LogP contribution in [-0.4, -0.2) is 25.0 Å². The predicted molar refractivity (Wildman–Crippen MR) is 103 cm³/mol. The molecular formula is C22H25F2NO3. The van der Waals surface area contributed by atoms with Gasteiger partial charge in [-0.25, -0.2) is 13.6 Å². The molecule has 0 saturated carbocycles. The average Bonchev–Trinajstić information content (AvgIpc) is 2.62. The van der Waals surface area contributed by atoms with E-state index in [1.165, 1.54) is 13.2 Å². The van der Waals surface area contributed by atoms with Crippen LogP contribution in [0.2, 0.25) is 0 Å². The molecule has 28 heavy (non-hydrogen) atoms. The Bertz CT molecular complexity index is 842. The Morgan fingerprint density at radius 2 is 1.71 bits per heavy atom. The summed E-state index contributed by atoms with van der Waals surface area (Å²) in [5, 5.41) is 2.58. The summed E-state index contributed by atoms with van der Waals surface area (Å²) in [7, 11) is 1.24. The monoisotopic (exact) mass is 389 g/mol. The SMILES string of the molecule is COC(=O)[C@H](Cc1ccc(C(C)(C)C)cc1)NC(=O)Cc1ccc(F)cc1F. The standard InChI is InChI=1S/C22H25F2NO3/c1-22(2,3)16-8-5-14(6-9-16)11-19(21(27)28-4)25-20(26)12-15-7-10-17(23)13-18(15)24/h5-10,13,19H,11-12H2,1-4H3,(H,25,26)/t19-/m0/s1. The zero-order chi connectivity index (χ0) is 20.9. The first kappa shape index (κ1) is 21.5. The number of benzene rings is 2. The van der Waals surface area contributed by atoms with Crippen LogP contribution in [0.4, 0.5) is 8.78 Å². The van der Waals surface area contributed by atoms with E-state index in [1.807, 2.05) is 24.3 Å². The maximum atomic E-state index is 13.7. The second-order valence-corrected chi connectivity index (χ2v) is 7.71. The van der Waals surface area contributed by atoms with Gasteiger partial charge in [0, 0.05) is 12.5 Å². The van der Waals surface area contributed by atoms with Gasteiger partial charge < -0.3 is 10.1 Å². The van der Waals surface area contributed by atoms with Crippen LogP contribution in [0, 0.1) is 11.6 Å². The van der Waals surface area contributed by atoms with Crippen molar-refractivity contribution in [2.45, 2.75) is 45.1 Å². The lowest BCUT2D eigenvalue weighted by Gasteiger charge is -2.20. The number of halogens is 2. The number of carbonyl (C=O) groups is 2. The largest absolute Gasteiger partial charge is 0.467 e. The van der Waals surface area contributed by atoms with Gasteiger partial charge in [0.25, 0.3) is 0 Å². The van der Waals surface area contributed by atoms with Crippen LogP contribution < -0.4 is 5.32 Å². The highest BCUT2D eigenvalue weighted by Crippen LogP contribution is 2.22. The van der Waals surface area contributed by atoms with Crippen molar-refractivity contribution >= 4 is 11.9 Å². The van der Waals surface area contributed by atoms with Crippen molar-refractivity contribution < 1.29 is 23.1 Å². The normalized spacial score (nSPS) is 12.4. The number of ether oxygens (including phenoxy) is 1. The van der Waals surface area contributed by atoms with E-state index in [4.69, 9.17) is 4.74 Å². The van der Waals surface area contributed by atoms with Crippen LogP contribution in [0.25, 0.3) is 0 Å². The molecule has 0 heterocycles. The van der Waals surface area contributed by atoms with Crippen molar-refractivity contribution in [3.63, 3.8) is 0 Å². The molecule has 6 heteroatoms. The number of carbonyl (C=O) groups excluding carboxylic acids is 2. The third-order valence-corrected chi connectivity index (χ3v) is 4.45. The van der Waals surface area contributed by atoms with Crippen LogP contribution >= 0.6 is 0 Å². The van der Waals surface area contributed by atoms with E-state index in [-0.39, 0.29) is 23.8 Å². The molecule has 0 aliphatic rings. The Balaban J connectivity index is 2.09. The molecule has 0 spiro atoms. The molecule has 1 N–H and O–H groups in total. The van der Waals surface area contributed by atoms with Crippen molar-refractivity contribution in [1.82, 2.24) is 5.32 Å². The molecule has 2 aromatic carbocycles. The minimum Gasteiger partial charge on any atom is -0.467 e. The Kier molecular flexibility index (Phi) is 6.89. The summed E-state index contributed by atoms with van der Waals surface area (Å²) < 4.78 is 31.5. The minimum absolute atomic E-state index is 0.00767. The first-order valence-electron chi connectivity index (χ1n) is 9.00. The fourth-order valence-corrected chi connectivity index (χ4v) is 2.80. The molecular weight excluding hydrogens is 364 g/mol. The summed E-state index contributed by atoms with van der Waals surface area (Å²) in [4.78, 5) is 24.4. The first-order valence-corrected chi connectivity index (χ1v) is 9.00. The third kappa shape index (κ3) is 5.87. The third-order valence-electron chi connectivity index (χ3n) is 4.45. The Morgan fingerprint density at radius 3 is 2.25 bits per heavy atom. The van der Waals surface area contributed by atoms with Crippen molar-refractivity contribution in [2.24, 2.45) is 0 Å². The van der Waals surface area contributed by atoms with E-state index in [9.17, 15) is 18.4 Å². The molecule has 0 unspecified atom stereocenters. The number of hydrogen-bond donors (Lipinski definition) is 1. The van der Waals surface area contributed by atoms with Crippen molar-refractivity contribution in [1.29, 1.82) is 0 Å². The summed E-state index contributed by atoms with van der Waals surface area (Å²) in [6.45, 7) is 6.32. The van der Waals surface area contributed by atoms with Gasteiger partial charge in [0.15, 0.2) is 0 Å². The summed E-state index contributed by atoms with van der Waals surface area (Å²) in [6.07, 6.45) is -0.0582. The van der Waals surface area contributed by atoms with Gasteiger partial charge in [-0.05, 0) is 28.2 Å². The number of hydrogen-bond acceptors (Lipinski definition) is 3. The lowest BCUT2D eigenvalue weighted by molar-refractivity contribution is -0.145. The van der Waals surface area contributed by atoms with Gasteiger partial charge in [-0.3, -0.25) is 4.79 Å². The van der Waals surface area contributed by atoms with Crippen LogP contribution in [0.1, 0.15) is 37.5 Å². The number of methoxy groups -OCH3 is 1. The highest BCUT2D eigenvalue weighted by molar-refractivity contribution is 5.85. The zero-order valence-electron chi connectivity index (χ0n) is 16.5. The summed E-state index contributed by atoms with van der Waals surface area (Å²) >= 11 is 0. The van der Waals surface area contributed by atoms with E-state index in [2.05, 4.69) is 26.1 Å². The first-order chi connectivity index (χ1) is 13.1. The van der Waals surface area contributed by atoms with E-state index >= 15 is 0 Å². The Hall–Kier alpha value is -2.76. The minimum atomic E-state index is -0.901. The molecule has 0 fully saturated rings. The molecule has 2 rings (SSSR count). The van der Waals surface area contributed by atoms with Crippen molar-refractivity contribution in [3.8, 4) is 0 Å². The molecule has 0 bridgehead atoms. The fourth-order valence-electron chi connectivity index (χ4n) is 2.80. The van der Waals surface area contributed by atoms with E-state index < -0.39 is 29.6 Å². The van der Waals surface area contributed by atoms with Gasteiger partial charge in [-0.1, -0.05) is 51.1 Å². The summed E-state index contributed by atoms with van der Waals surface area (Å²) in [5.74, 6) is -2.66. The number of esters is 1. The van der Waals surface area contributed by atoms with Crippen LogP contribution in [0.5, 0.6) is 0 Å². The van der Waals surface area contributed by atoms with E-state index in [1.54, 1.807) is 0 Å². The van der Waals surface area contributed by atoms with Gasteiger partial charge in [0.1, 0.15) is 17.7 Å². The van der Waals surface area contributed by atoms with Gasteiger partial charge in [0.2, 0.25) is 5.91 Å². The number of amides is 1. The number of rotatable bonds is 6. The molecule has 0 aliphatic carbocycles. The van der Waals surface area contributed by atoms with Gasteiger partial charge >= 0.3 is 5.97 Å². The Morgan fingerprint density at radius 1 is 1.07 bits per heavy atom. The highest BCUT2D eigenvalue weighted by atomic mass is 19.1. The van der Waals surface area contributed by atoms with Crippen LogP contribution in [0.15, 0.2) is 42.5 Å². The van der Waals surface area contributed by atoms with Crippen LogP contribution in [0.3, 0.4) is 0 Å². The maximum Gasteiger partial charge on any atom is 0.328 e. The van der Waals surface area contributed by atoms with Gasteiger partial charge in [0.05, 0.1) is 13.5 Å². The maximum absolute atomic E-state index is 13.7.